The first-order valence-corrected chi connectivity index (χ1v) is 6.97. The third kappa shape index (κ3) is 2.98. The summed E-state index contributed by atoms with van der Waals surface area (Å²) < 4.78 is 5.58. The molecule has 0 fully saturated rings. The molecule has 0 bridgehead atoms. The van der Waals surface area contributed by atoms with Crippen molar-refractivity contribution < 1.29 is 9.53 Å². The van der Waals surface area contributed by atoms with Crippen LogP contribution in [-0.2, 0) is 0 Å². The topological polar surface area (TPSA) is 29.5 Å². The Kier molecular flexibility index (Phi) is 5.55. The van der Waals surface area contributed by atoms with Crippen molar-refractivity contribution in [2.45, 2.75) is 39.2 Å². The van der Waals surface area contributed by atoms with Gasteiger partial charge in [-0.05, 0) is 46.0 Å². The molecular weight excluding hydrogens is 238 g/mol. The Bertz CT molecular complexity index is 423. The Morgan fingerprint density at radius 2 is 1.74 bits per heavy atom. The average molecular weight is 263 g/mol. The first-order chi connectivity index (χ1) is 9.03. The van der Waals surface area contributed by atoms with Gasteiger partial charge in [-0.25, -0.2) is 0 Å². The number of carbonyl (C=O) groups is 1. The lowest BCUT2D eigenvalue weighted by atomic mass is 9.83. The van der Waals surface area contributed by atoms with E-state index in [1.54, 1.807) is 0 Å². The lowest BCUT2D eigenvalue weighted by molar-refractivity contribution is 0.0652. The van der Waals surface area contributed by atoms with Crippen LogP contribution < -0.4 is 4.74 Å². The summed E-state index contributed by atoms with van der Waals surface area (Å²) in [7, 11) is 3.93. The normalized spacial score (nSPS) is 11.7. The van der Waals surface area contributed by atoms with Crippen molar-refractivity contribution in [3.8, 4) is 5.75 Å². The Hall–Kier alpha value is -1.35. The first-order valence-electron chi connectivity index (χ1n) is 6.97. The molecule has 0 spiro atoms. The number of carbonyl (C=O) groups excluding carboxylic acids is 1. The summed E-state index contributed by atoms with van der Waals surface area (Å²) in [4.78, 5) is 15.0. The molecule has 0 N–H and O–H groups in total. The quantitative estimate of drug-likeness (QED) is 0.706. The van der Waals surface area contributed by atoms with Gasteiger partial charge >= 0.3 is 0 Å². The van der Waals surface area contributed by atoms with Crippen LogP contribution in [0, 0.1) is 0 Å². The van der Waals surface area contributed by atoms with E-state index in [9.17, 15) is 4.79 Å². The van der Waals surface area contributed by atoms with Crippen molar-refractivity contribution in [2.24, 2.45) is 0 Å². The van der Waals surface area contributed by atoms with Gasteiger partial charge in [0.05, 0.1) is 17.7 Å². The van der Waals surface area contributed by atoms with Gasteiger partial charge in [-0.1, -0.05) is 26.0 Å². The Balaban J connectivity index is 3.24. The van der Waals surface area contributed by atoms with E-state index in [1.807, 2.05) is 50.2 Å². The molecular formula is C16H25NO2. The summed E-state index contributed by atoms with van der Waals surface area (Å²) in [5.74, 6) is 0.828. The summed E-state index contributed by atoms with van der Waals surface area (Å²) in [6.07, 6.45) is 1.57. The minimum atomic E-state index is -0.451. The maximum Gasteiger partial charge on any atom is 0.186 e. The molecule has 106 valence electrons. The summed E-state index contributed by atoms with van der Waals surface area (Å²) in [6, 6.07) is 7.51. The van der Waals surface area contributed by atoms with Gasteiger partial charge in [-0.15, -0.1) is 0 Å². The summed E-state index contributed by atoms with van der Waals surface area (Å²) >= 11 is 0. The molecule has 0 aromatic heterocycles. The van der Waals surface area contributed by atoms with Crippen LogP contribution in [0.2, 0.25) is 0 Å². The molecule has 0 atom stereocenters. The highest BCUT2D eigenvalue weighted by Crippen LogP contribution is 2.30. The maximum atomic E-state index is 12.9. The number of nitrogens with zero attached hydrogens (tertiary/aromatic N) is 1. The Morgan fingerprint density at radius 3 is 2.21 bits per heavy atom. The fourth-order valence-electron chi connectivity index (χ4n) is 2.59. The number of ether oxygens (including phenoxy) is 1. The zero-order valence-electron chi connectivity index (χ0n) is 12.7. The fourth-order valence-corrected chi connectivity index (χ4v) is 2.59. The minimum Gasteiger partial charge on any atom is -0.493 e. The molecule has 0 aliphatic rings. The molecule has 0 saturated heterocycles. The first kappa shape index (κ1) is 15.7. The van der Waals surface area contributed by atoms with Crippen LogP contribution >= 0.6 is 0 Å². The highest BCUT2D eigenvalue weighted by atomic mass is 16.5. The lowest BCUT2D eigenvalue weighted by Gasteiger charge is -2.37. The van der Waals surface area contributed by atoms with Crippen molar-refractivity contribution in [2.75, 3.05) is 20.7 Å². The van der Waals surface area contributed by atoms with Crippen LogP contribution in [0.4, 0.5) is 0 Å². The molecule has 1 aromatic rings. The summed E-state index contributed by atoms with van der Waals surface area (Å²) in [5, 5.41) is 0. The monoisotopic (exact) mass is 263 g/mol. The molecule has 0 radical (unpaired) electrons. The van der Waals surface area contributed by atoms with Crippen LogP contribution in [0.25, 0.3) is 0 Å². The smallest absolute Gasteiger partial charge is 0.186 e. The van der Waals surface area contributed by atoms with Gasteiger partial charge in [0.15, 0.2) is 5.78 Å². The van der Waals surface area contributed by atoms with Crippen molar-refractivity contribution in [3.63, 3.8) is 0 Å². The van der Waals surface area contributed by atoms with Crippen molar-refractivity contribution in [3.05, 3.63) is 29.8 Å². The molecule has 0 aliphatic heterocycles. The van der Waals surface area contributed by atoms with Crippen LogP contribution in [0.1, 0.15) is 44.0 Å². The second-order valence-corrected chi connectivity index (χ2v) is 4.89. The molecule has 19 heavy (non-hydrogen) atoms. The van der Waals surface area contributed by atoms with Crippen molar-refractivity contribution in [1.82, 2.24) is 4.90 Å². The Labute approximate surface area is 116 Å². The molecule has 0 unspecified atom stereocenters. The van der Waals surface area contributed by atoms with Crippen LogP contribution in [-0.4, -0.2) is 36.9 Å². The SMILES string of the molecule is CCOc1ccccc1C(=O)C(CC)(CC)N(C)C. The molecule has 0 amide bonds. The summed E-state index contributed by atoms with van der Waals surface area (Å²) in [6.45, 7) is 6.62. The third-order valence-corrected chi connectivity index (χ3v) is 3.88. The van der Waals surface area contributed by atoms with Gasteiger partial charge in [0.25, 0.3) is 0 Å². The van der Waals surface area contributed by atoms with Gasteiger partial charge in [0, 0.05) is 0 Å². The third-order valence-electron chi connectivity index (χ3n) is 3.88. The van der Waals surface area contributed by atoms with Gasteiger partial charge in [0.1, 0.15) is 5.75 Å². The molecule has 0 saturated carbocycles. The van der Waals surface area contributed by atoms with Crippen molar-refractivity contribution in [1.29, 1.82) is 0 Å². The zero-order chi connectivity index (χ0) is 14.5. The lowest BCUT2D eigenvalue weighted by Crippen LogP contribution is -2.50. The second-order valence-electron chi connectivity index (χ2n) is 4.89. The van der Waals surface area contributed by atoms with E-state index < -0.39 is 5.54 Å². The average Bonchev–Trinajstić information content (AvgIpc) is 2.41. The number of Topliss-reactive ketones (excluding diaryl/α,β-unsaturated/α-hetero) is 1. The van der Waals surface area contributed by atoms with Crippen LogP contribution in [0.15, 0.2) is 24.3 Å². The van der Waals surface area contributed by atoms with Gasteiger partial charge in [-0.2, -0.15) is 0 Å². The van der Waals surface area contributed by atoms with Crippen molar-refractivity contribution >= 4 is 5.78 Å². The molecule has 0 heterocycles. The number of hydrogen-bond donors (Lipinski definition) is 0. The van der Waals surface area contributed by atoms with E-state index in [1.165, 1.54) is 0 Å². The predicted octanol–water partition coefficient (Wildman–Crippen LogP) is 3.39. The second kappa shape index (κ2) is 6.71. The van der Waals surface area contributed by atoms with E-state index in [2.05, 4.69) is 13.8 Å². The highest BCUT2D eigenvalue weighted by Gasteiger charge is 2.38. The van der Waals surface area contributed by atoms with E-state index in [0.717, 1.165) is 12.8 Å². The van der Waals surface area contributed by atoms with E-state index >= 15 is 0 Å². The molecule has 1 aromatic carbocycles. The molecule has 3 heteroatoms. The molecule has 3 nitrogen and oxygen atoms in total. The predicted molar refractivity (Wildman–Crippen MR) is 78.9 cm³/mol. The number of ketones is 1. The molecule has 1 rings (SSSR count). The van der Waals surface area contributed by atoms with E-state index in [4.69, 9.17) is 4.74 Å². The number of benzene rings is 1. The number of para-hydroxylation sites is 1. The van der Waals surface area contributed by atoms with Gasteiger partial charge < -0.3 is 4.74 Å². The number of hydrogen-bond acceptors (Lipinski definition) is 3. The van der Waals surface area contributed by atoms with Gasteiger partial charge in [0.2, 0.25) is 0 Å². The highest BCUT2D eigenvalue weighted by molar-refractivity contribution is 6.05. The Morgan fingerprint density at radius 1 is 1.16 bits per heavy atom. The van der Waals surface area contributed by atoms with Gasteiger partial charge in [-0.3, -0.25) is 9.69 Å². The van der Waals surface area contributed by atoms with E-state index in [0.29, 0.717) is 17.9 Å². The fraction of sp³-hybridized carbons (Fsp3) is 0.562. The van der Waals surface area contributed by atoms with E-state index in [-0.39, 0.29) is 5.78 Å². The standard InChI is InChI=1S/C16H25NO2/c1-6-16(7-2,17(4)5)15(18)13-11-9-10-12-14(13)19-8-3/h9-12H,6-8H2,1-5H3. The number of likely N-dealkylation sites (N-methyl/N-ethyl adjacent to an activating group) is 1. The number of rotatable bonds is 7. The zero-order valence-corrected chi connectivity index (χ0v) is 12.7. The van der Waals surface area contributed by atoms with Crippen LogP contribution in [0.3, 0.4) is 0 Å². The minimum absolute atomic E-state index is 0.145. The largest absolute Gasteiger partial charge is 0.493 e. The maximum absolute atomic E-state index is 12.9. The molecule has 0 aliphatic carbocycles. The van der Waals surface area contributed by atoms with Crippen LogP contribution in [0.5, 0.6) is 5.75 Å². The summed E-state index contributed by atoms with van der Waals surface area (Å²) in [5.41, 5.74) is 0.231.